The van der Waals surface area contributed by atoms with Gasteiger partial charge in [-0.2, -0.15) is 0 Å². The summed E-state index contributed by atoms with van der Waals surface area (Å²) in [6.07, 6.45) is 0. The van der Waals surface area contributed by atoms with Gasteiger partial charge in [0.15, 0.2) is 11.6 Å². The molecule has 2 rings (SSSR count). The quantitative estimate of drug-likeness (QED) is 0.806. The maximum atomic E-state index is 13.2. The van der Waals surface area contributed by atoms with Crippen molar-refractivity contribution in [1.29, 1.82) is 0 Å². The van der Waals surface area contributed by atoms with Crippen molar-refractivity contribution in [3.8, 4) is 11.5 Å². The first kappa shape index (κ1) is 11.4. The lowest BCUT2D eigenvalue weighted by atomic mass is 10.2. The van der Waals surface area contributed by atoms with Crippen LogP contribution in [0.15, 0.2) is 36.4 Å². The number of nitrogen functional groups attached to an aromatic ring is 1. The van der Waals surface area contributed by atoms with Crippen molar-refractivity contribution < 1.29 is 13.5 Å². The summed E-state index contributed by atoms with van der Waals surface area (Å²) < 4.78 is 31.5. The molecule has 0 spiro atoms. The minimum absolute atomic E-state index is 0.0203. The van der Waals surface area contributed by atoms with Crippen molar-refractivity contribution >= 4 is 5.69 Å². The highest BCUT2D eigenvalue weighted by Crippen LogP contribution is 2.30. The maximum Gasteiger partial charge on any atom is 0.156 e. The third kappa shape index (κ3) is 2.53. The lowest BCUT2D eigenvalue weighted by molar-refractivity contribution is 0.471. The first-order valence-corrected chi connectivity index (χ1v) is 5.05. The van der Waals surface area contributed by atoms with Gasteiger partial charge in [-0.25, -0.2) is 8.78 Å². The summed E-state index contributed by atoms with van der Waals surface area (Å²) in [5.74, 6) is -1.08. The van der Waals surface area contributed by atoms with Crippen LogP contribution in [0.4, 0.5) is 14.5 Å². The Morgan fingerprint density at radius 2 is 1.88 bits per heavy atom. The Kier molecular flexibility index (Phi) is 2.95. The molecule has 0 fully saturated rings. The van der Waals surface area contributed by atoms with Crippen LogP contribution in [0.3, 0.4) is 0 Å². The van der Waals surface area contributed by atoms with E-state index in [0.717, 1.165) is 17.7 Å². The number of halogens is 2. The van der Waals surface area contributed by atoms with Crippen LogP contribution in [0.2, 0.25) is 0 Å². The van der Waals surface area contributed by atoms with Gasteiger partial charge < -0.3 is 10.5 Å². The van der Waals surface area contributed by atoms with Gasteiger partial charge >= 0.3 is 0 Å². The smallest absolute Gasteiger partial charge is 0.156 e. The molecule has 2 aromatic rings. The second kappa shape index (κ2) is 4.41. The van der Waals surface area contributed by atoms with Crippen LogP contribution in [0, 0.1) is 18.6 Å². The molecular weight excluding hydrogens is 224 g/mol. The largest absolute Gasteiger partial charge is 0.455 e. The van der Waals surface area contributed by atoms with Crippen LogP contribution in [-0.4, -0.2) is 0 Å². The molecule has 88 valence electrons. The molecule has 4 heteroatoms. The highest BCUT2D eigenvalue weighted by Gasteiger charge is 2.10. The molecule has 0 saturated carbocycles. The standard InChI is InChI=1S/C13H11F2NO/c1-8-3-2-4-10(5-8)17-12-7-9(14)6-11(15)13(12)16/h2-7H,16H2,1H3. The highest BCUT2D eigenvalue weighted by atomic mass is 19.1. The first-order valence-electron chi connectivity index (χ1n) is 5.05. The molecule has 0 aliphatic heterocycles. The number of rotatable bonds is 2. The van der Waals surface area contributed by atoms with Crippen LogP contribution < -0.4 is 10.5 Å². The summed E-state index contributed by atoms with van der Waals surface area (Å²) >= 11 is 0. The van der Waals surface area contributed by atoms with Crippen molar-refractivity contribution in [2.45, 2.75) is 6.92 Å². The Morgan fingerprint density at radius 1 is 1.12 bits per heavy atom. The summed E-state index contributed by atoms with van der Waals surface area (Å²) in [5, 5.41) is 0. The van der Waals surface area contributed by atoms with Crippen LogP contribution >= 0.6 is 0 Å². The fraction of sp³-hybridized carbons (Fsp3) is 0.0769. The van der Waals surface area contributed by atoms with Gasteiger partial charge in [-0.3, -0.25) is 0 Å². The van der Waals surface area contributed by atoms with Gasteiger partial charge in [0.1, 0.15) is 17.3 Å². The summed E-state index contributed by atoms with van der Waals surface area (Å²) in [6.45, 7) is 1.89. The summed E-state index contributed by atoms with van der Waals surface area (Å²) in [5.41, 5.74) is 6.25. The fourth-order valence-corrected chi connectivity index (χ4v) is 1.45. The van der Waals surface area contributed by atoms with Crippen LogP contribution in [-0.2, 0) is 0 Å². The number of hydrogen-bond acceptors (Lipinski definition) is 2. The highest BCUT2D eigenvalue weighted by molar-refractivity contribution is 5.55. The van der Waals surface area contributed by atoms with Crippen molar-refractivity contribution in [3.63, 3.8) is 0 Å². The number of nitrogens with two attached hydrogens (primary N) is 1. The Labute approximate surface area is 97.6 Å². The van der Waals surface area contributed by atoms with Gasteiger partial charge in [-0.1, -0.05) is 12.1 Å². The van der Waals surface area contributed by atoms with Crippen molar-refractivity contribution in [1.82, 2.24) is 0 Å². The first-order chi connectivity index (χ1) is 8.06. The monoisotopic (exact) mass is 235 g/mol. The van der Waals surface area contributed by atoms with Gasteiger partial charge in [0, 0.05) is 12.1 Å². The van der Waals surface area contributed by atoms with Crippen molar-refractivity contribution in [2.24, 2.45) is 0 Å². The molecule has 2 N–H and O–H groups in total. The molecule has 0 aliphatic rings. The Hall–Kier alpha value is -2.10. The normalized spacial score (nSPS) is 10.3. The van der Waals surface area contributed by atoms with E-state index in [9.17, 15) is 8.78 Å². The molecular formula is C13H11F2NO. The second-order valence-corrected chi connectivity index (χ2v) is 3.72. The molecule has 0 amide bonds. The number of benzene rings is 2. The van der Waals surface area contributed by atoms with Crippen molar-refractivity contribution in [2.75, 3.05) is 5.73 Å². The minimum Gasteiger partial charge on any atom is -0.455 e. The van der Waals surface area contributed by atoms with Crippen molar-refractivity contribution in [3.05, 3.63) is 53.6 Å². The van der Waals surface area contributed by atoms with Gasteiger partial charge in [0.05, 0.1) is 0 Å². The van der Waals surface area contributed by atoms with E-state index in [1.807, 2.05) is 13.0 Å². The Balaban J connectivity index is 2.36. The molecule has 17 heavy (non-hydrogen) atoms. The summed E-state index contributed by atoms with van der Waals surface area (Å²) in [4.78, 5) is 0. The lowest BCUT2D eigenvalue weighted by Gasteiger charge is -2.09. The van der Waals surface area contributed by atoms with E-state index < -0.39 is 11.6 Å². The molecule has 0 heterocycles. The zero-order chi connectivity index (χ0) is 12.4. The molecule has 0 unspecified atom stereocenters. The Morgan fingerprint density at radius 3 is 2.59 bits per heavy atom. The minimum atomic E-state index is -0.826. The molecule has 2 nitrogen and oxygen atoms in total. The molecule has 0 aromatic heterocycles. The van der Waals surface area contributed by atoms with E-state index in [4.69, 9.17) is 10.5 Å². The van der Waals surface area contributed by atoms with E-state index in [1.54, 1.807) is 18.2 Å². The number of aryl methyl sites for hydroxylation is 1. The predicted molar refractivity (Wildman–Crippen MR) is 62.0 cm³/mol. The topological polar surface area (TPSA) is 35.2 Å². The fourth-order valence-electron chi connectivity index (χ4n) is 1.45. The molecule has 0 saturated heterocycles. The molecule has 0 bridgehead atoms. The zero-order valence-corrected chi connectivity index (χ0v) is 9.21. The average molecular weight is 235 g/mol. The van der Waals surface area contributed by atoms with E-state index in [0.29, 0.717) is 5.75 Å². The van der Waals surface area contributed by atoms with Gasteiger partial charge in [-0.05, 0) is 24.6 Å². The van der Waals surface area contributed by atoms with Crippen LogP contribution in [0.1, 0.15) is 5.56 Å². The summed E-state index contributed by atoms with van der Waals surface area (Å²) in [7, 11) is 0. The van der Waals surface area contributed by atoms with E-state index in [2.05, 4.69) is 0 Å². The van der Waals surface area contributed by atoms with E-state index >= 15 is 0 Å². The van der Waals surface area contributed by atoms with Crippen LogP contribution in [0.25, 0.3) is 0 Å². The second-order valence-electron chi connectivity index (χ2n) is 3.72. The molecule has 2 aromatic carbocycles. The third-order valence-corrected chi connectivity index (χ3v) is 2.27. The lowest BCUT2D eigenvalue weighted by Crippen LogP contribution is -1.97. The van der Waals surface area contributed by atoms with E-state index in [-0.39, 0.29) is 11.4 Å². The molecule has 0 atom stereocenters. The molecule has 0 aliphatic carbocycles. The SMILES string of the molecule is Cc1cccc(Oc2cc(F)cc(F)c2N)c1. The number of anilines is 1. The average Bonchev–Trinajstić information content (AvgIpc) is 2.25. The van der Waals surface area contributed by atoms with Gasteiger partial charge in [0.25, 0.3) is 0 Å². The number of hydrogen-bond donors (Lipinski definition) is 1. The van der Waals surface area contributed by atoms with Gasteiger partial charge in [0.2, 0.25) is 0 Å². The Bertz CT molecular complexity index is 555. The zero-order valence-electron chi connectivity index (χ0n) is 9.21. The van der Waals surface area contributed by atoms with Crippen LogP contribution in [0.5, 0.6) is 11.5 Å². The third-order valence-electron chi connectivity index (χ3n) is 2.27. The maximum absolute atomic E-state index is 13.2. The van der Waals surface area contributed by atoms with Gasteiger partial charge in [-0.15, -0.1) is 0 Å². The molecule has 0 radical (unpaired) electrons. The van der Waals surface area contributed by atoms with E-state index in [1.165, 1.54) is 0 Å². The predicted octanol–water partition coefficient (Wildman–Crippen LogP) is 3.65. The number of ether oxygens (including phenoxy) is 1. The summed E-state index contributed by atoms with van der Waals surface area (Å²) in [6, 6.07) is 8.90.